The fraction of sp³-hybridized carbons (Fsp3) is 0.222. The molecule has 0 saturated heterocycles. The molecular weight excluding hydrogens is 298 g/mol. The maximum absolute atomic E-state index is 5.87. The van der Waals surface area contributed by atoms with Gasteiger partial charge in [0, 0.05) is 17.3 Å². The van der Waals surface area contributed by atoms with Crippen LogP contribution in [-0.2, 0) is 6.54 Å². The molecule has 0 saturated carbocycles. The highest BCUT2D eigenvalue weighted by atomic mass is 35.5. The second kappa shape index (κ2) is 8.21. The zero-order valence-electron chi connectivity index (χ0n) is 12.4. The molecule has 1 N–H and O–H groups in total. The fourth-order valence-electron chi connectivity index (χ4n) is 1.94. The first-order valence-corrected chi connectivity index (χ1v) is 7.42. The van der Waals surface area contributed by atoms with Gasteiger partial charge in [-0.25, -0.2) is 0 Å². The average Bonchev–Trinajstić information content (AvgIpc) is 2.54. The van der Waals surface area contributed by atoms with Gasteiger partial charge >= 0.3 is 0 Å². The molecule has 0 aliphatic carbocycles. The summed E-state index contributed by atoms with van der Waals surface area (Å²) in [6.45, 7) is 3.41. The second-order valence-electron chi connectivity index (χ2n) is 4.57. The van der Waals surface area contributed by atoms with Gasteiger partial charge < -0.3 is 14.8 Å². The van der Waals surface area contributed by atoms with Gasteiger partial charge in [-0.1, -0.05) is 23.6 Å². The van der Waals surface area contributed by atoms with Crippen molar-refractivity contribution in [3.8, 4) is 23.8 Å². The van der Waals surface area contributed by atoms with E-state index in [4.69, 9.17) is 27.5 Å². The molecule has 0 atom stereocenters. The molecule has 2 aromatic rings. The Hall–Kier alpha value is -2.31. The molecule has 0 bridgehead atoms. The number of hydrogen-bond acceptors (Lipinski definition) is 3. The molecule has 114 valence electrons. The molecule has 0 aromatic heterocycles. The van der Waals surface area contributed by atoms with Crippen LogP contribution in [0.3, 0.4) is 0 Å². The predicted octanol–water partition coefficient (Wildman–Crippen LogP) is 4.36. The highest BCUT2D eigenvalue weighted by Gasteiger charge is 2.06. The highest BCUT2D eigenvalue weighted by Crippen LogP contribution is 2.28. The molecule has 0 radical (unpaired) electrons. The van der Waals surface area contributed by atoms with Gasteiger partial charge in [0.25, 0.3) is 0 Å². The number of hydrogen-bond donors (Lipinski definition) is 1. The summed E-state index contributed by atoms with van der Waals surface area (Å²) in [7, 11) is 0. The van der Waals surface area contributed by atoms with Crippen LogP contribution in [0, 0.1) is 12.3 Å². The minimum absolute atomic E-state index is 0.225. The summed E-state index contributed by atoms with van der Waals surface area (Å²) in [5, 5.41) is 4.05. The summed E-state index contributed by atoms with van der Waals surface area (Å²) in [5.74, 6) is 3.81. The predicted molar refractivity (Wildman–Crippen MR) is 90.7 cm³/mol. The van der Waals surface area contributed by atoms with Crippen LogP contribution in [0.4, 0.5) is 5.69 Å². The minimum atomic E-state index is 0.225. The van der Waals surface area contributed by atoms with E-state index >= 15 is 0 Å². The molecule has 0 heterocycles. The number of nitrogens with one attached hydrogen (secondary N) is 1. The monoisotopic (exact) mass is 315 g/mol. The maximum Gasteiger partial charge on any atom is 0.162 e. The Labute approximate surface area is 136 Å². The topological polar surface area (TPSA) is 30.5 Å². The van der Waals surface area contributed by atoms with Gasteiger partial charge in [-0.3, -0.25) is 0 Å². The molecule has 4 heteroatoms. The molecule has 2 aromatic carbocycles. The SMILES string of the molecule is C#CCOc1ccc(CNc2ccc(Cl)cc2)cc1OCC. The Kier molecular flexibility index (Phi) is 6.00. The van der Waals surface area contributed by atoms with Crippen LogP contribution < -0.4 is 14.8 Å². The van der Waals surface area contributed by atoms with Gasteiger partial charge in [-0.2, -0.15) is 0 Å². The molecule has 0 unspecified atom stereocenters. The summed E-state index contributed by atoms with van der Waals surface area (Å²) in [4.78, 5) is 0. The van der Waals surface area contributed by atoms with E-state index in [0.29, 0.717) is 24.7 Å². The summed E-state index contributed by atoms with van der Waals surface area (Å²) < 4.78 is 11.1. The third-order valence-electron chi connectivity index (χ3n) is 2.96. The number of terminal acetylenes is 1. The molecule has 2 rings (SSSR count). The van der Waals surface area contributed by atoms with E-state index in [1.165, 1.54) is 0 Å². The van der Waals surface area contributed by atoms with Crippen molar-refractivity contribution >= 4 is 17.3 Å². The van der Waals surface area contributed by atoms with Gasteiger partial charge in [0.15, 0.2) is 11.5 Å². The van der Waals surface area contributed by atoms with Crippen LogP contribution in [0.25, 0.3) is 0 Å². The van der Waals surface area contributed by atoms with Crippen LogP contribution in [0.1, 0.15) is 12.5 Å². The first kappa shape index (κ1) is 16.1. The maximum atomic E-state index is 5.87. The summed E-state index contributed by atoms with van der Waals surface area (Å²) in [6.07, 6.45) is 5.22. The highest BCUT2D eigenvalue weighted by molar-refractivity contribution is 6.30. The Morgan fingerprint density at radius 1 is 1.09 bits per heavy atom. The largest absolute Gasteiger partial charge is 0.490 e. The van der Waals surface area contributed by atoms with E-state index < -0.39 is 0 Å². The minimum Gasteiger partial charge on any atom is -0.490 e. The average molecular weight is 316 g/mol. The van der Waals surface area contributed by atoms with E-state index in [1.807, 2.05) is 49.4 Å². The standard InChI is InChI=1S/C18H18ClNO2/c1-3-11-22-17-10-5-14(12-18(17)21-4-2)13-20-16-8-6-15(19)7-9-16/h1,5-10,12,20H,4,11,13H2,2H3. The normalized spacial score (nSPS) is 9.86. The number of ether oxygens (including phenoxy) is 2. The molecule has 0 fully saturated rings. The zero-order valence-corrected chi connectivity index (χ0v) is 13.2. The van der Waals surface area contributed by atoms with Crippen LogP contribution >= 0.6 is 11.6 Å². The molecule has 0 aliphatic rings. The fourth-order valence-corrected chi connectivity index (χ4v) is 2.07. The quantitative estimate of drug-likeness (QED) is 0.770. The third-order valence-corrected chi connectivity index (χ3v) is 3.21. The lowest BCUT2D eigenvalue weighted by atomic mass is 10.2. The van der Waals surface area contributed by atoms with E-state index in [2.05, 4.69) is 11.2 Å². The van der Waals surface area contributed by atoms with Crippen LogP contribution in [0.2, 0.25) is 5.02 Å². The molecule has 0 amide bonds. The van der Waals surface area contributed by atoms with Crippen molar-refractivity contribution in [3.05, 3.63) is 53.1 Å². The van der Waals surface area contributed by atoms with E-state index in [-0.39, 0.29) is 6.61 Å². The Morgan fingerprint density at radius 2 is 1.86 bits per heavy atom. The van der Waals surface area contributed by atoms with Crippen molar-refractivity contribution < 1.29 is 9.47 Å². The lowest BCUT2D eigenvalue weighted by molar-refractivity contribution is 0.299. The number of benzene rings is 2. The Balaban J connectivity index is 2.05. The summed E-state index contributed by atoms with van der Waals surface area (Å²) in [5.41, 5.74) is 2.10. The number of rotatable bonds is 7. The van der Waals surface area contributed by atoms with Gasteiger partial charge in [0.1, 0.15) is 6.61 Å². The van der Waals surface area contributed by atoms with Crippen LogP contribution in [0.5, 0.6) is 11.5 Å². The van der Waals surface area contributed by atoms with Gasteiger partial charge in [0.05, 0.1) is 6.61 Å². The van der Waals surface area contributed by atoms with E-state index in [9.17, 15) is 0 Å². The summed E-state index contributed by atoms with van der Waals surface area (Å²) >= 11 is 5.87. The van der Waals surface area contributed by atoms with Crippen molar-refractivity contribution in [2.75, 3.05) is 18.5 Å². The van der Waals surface area contributed by atoms with Crippen molar-refractivity contribution in [2.45, 2.75) is 13.5 Å². The van der Waals surface area contributed by atoms with Gasteiger partial charge in [-0.05, 0) is 48.9 Å². The van der Waals surface area contributed by atoms with E-state index in [0.717, 1.165) is 16.3 Å². The molecule has 0 spiro atoms. The first-order valence-electron chi connectivity index (χ1n) is 7.04. The molecular formula is C18H18ClNO2. The van der Waals surface area contributed by atoms with Crippen molar-refractivity contribution in [1.82, 2.24) is 0 Å². The van der Waals surface area contributed by atoms with Gasteiger partial charge in [0.2, 0.25) is 0 Å². The second-order valence-corrected chi connectivity index (χ2v) is 5.00. The lowest BCUT2D eigenvalue weighted by Crippen LogP contribution is -2.03. The van der Waals surface area contributed by atoms with Crippen LogP contribution in [-0.4, -0.2) is 13.2 Å². The smallest absolute Gasteiger partial charge is 0.162 e. The summed E-state index contributed by atoms with van der Waals surface area (Å²) in [6, 6.07) is 13.4. The number of anilines is 1. The molecule has 22 heavy (non-hydrogen) atoms. The molecule has 0 aliphatic heterocycles. The first-order chi connectivity index (χ1) is 10.7. The third kappa shape index (κ3) is 4.61. The Morgan fingerprint density at radius 3 is 2.55 bits per heavy atom. The zero-order chi connectivity index (χ0) is 15.8. The number of halogens is 1. The van der Waals surface area contributed by atoms with Crippen molar-refractivity contribution in [2.24, 2.45) is 0 Å². The van der Waals surface area contributed by atoms with Crippen molar-refractivity contribution in [1.29, 1.82) is 0 Å². The van der Waals surface area contributed by atoms with Gasteiger partial charge in [-0.15, -0.1) is 6.42 Å². The molecule has 3 nitrogen and oxygen atoms in total. The van der Waals surface area contributed by atoms with Crippen LogP contribution in [0.15, 0.2) is 42.5 Å². The lowest BCUT2D eigenvalue weighted by Gasteiger charge is -2.13. The van der Waals surface area contributed by atoms with E-state index in [1.54, 1.807) is 0 Å². The van der Waals surface area contributed by atoms with Crippen molar-refractivity contribution in [3.63, 3.8) is 0 Å². The Bertz CT molecular complexity index is 647.